The van der Waals surface area contributed by atoms with E-state index in [1.165, 1.54) is 31.5 Å². The van der Waals surface area contributed by atoms with Crippen LogP contribution in [0.3, 0.4) is 0 Å². The lowest BCUT2D eigenvalue weighted by atomic mass is 10.2. The van der Waals surface area contributed by atoms with Crippen molar-refractivity contribution in [1.82, 2.24) is 15.2 Å². The molecule has 0 aliphatic carbocycles. The molecule has 2 heterocycles. The molecule has 1 fully saturated rings. The summed E-state index contributed by atoms with van der Waals surface area (Å²) >= 11 is 0. The third-order valence-electron chi connectivity index (χ3n) is 3.36. The number of aromatic nitrogens is 1. The predicted molar refractivity (Wildman–Crippen MR) is 66.2 cm³/mol. The summed E-state index contributed by atoms with van der Waals surface area (Å²) < 4.78 is 0. The predicted octanol–water partition coefficient (Wildman–Crippen LogP) is 1.66. The zero-order valence-electron chi connectivity index (χ0n) is 10.0. The van der Waals surface area contributed by atoms with Gasteiger partial charge in [0.1, 0.15) is 0 Å². The number of nitrogens with zero attached hydrogens (tertiary/aromatic N) is 2. The average Bonchev–Trinajstić information content (AvgIpc) is 2.78. The molecule has 16 heavy (non-hydrogen) atoms. The van der Waals surface area contributed by atoms with Crippen molar-refractivity contribution in [3.05, 3.63) is 30.1 Å². The van der Waals surface area contributed by atoms with Crippen LogP contribution in [-0.4, -0.2) is 35.6 Å². The van der Waals surface area contributed by atoms with Gasteiger partial charge in [0.05, 0.1) is 0 Å². The summed E-state index contributed by atoms with van der Waals surface area (Å²) in [6, 6.07) is 4.88. The average molecular weight is 219 g/mol. The number of hydrogen-bond acceptors (Lipinski definition) is 3. The molecule has 0 aromatic carbocycles. The fourth-order valence-corrected chi connectivity index (χ4v) is 2.43. The maximum absolute atomic E-state index is 4.02. The lowest BCUT2D eigenvalue weighted by molar-refractivity contribution is 0.260. The maximum atomic E-state index is 4.02. The van der Waals surface area contributed by atoms with Crippen molar-refractivity contribution in [2.24, 2.45) is 0 Å². The molecule has 1 aromatic rings. The topological polar surface area (TPSA) is 28.2 Å². The van der Waals surface area contributed by atoms with E-state index < -0.39 is 0 Å². The van der Waals surface area contributed by atoms with Crippen molar-refractivity contribution in [2.45, 2.75) is 32.4 Å². The largest absolute Gasteiger partial charge is 0.311 e. The van der Waals surface area contributed by atoms with E-state index in [0.717, 1.165) is 19.1 Å². The molecule has 0 radical (unpaired) electrons. The SMILES string of the molecule is CCN1CCCC1CNCc1ccncc1. The van der Waals surface area contributed by atoms with Crippen LogP contribution in [0.4, 0.5) is 0 Å². The lowest BCUT2D eigenvalue weighted by Crippen LogP contribution is -2.37. The second-order valence-electron chi connectivity index (χ2n) is 4.41. The standard InChI is InChI=1S/C13H21N3/c1-2-16-9-3-4-13(16)11-15-10-12-5-7-14-8-6-12/h5-8,13,15H,2-4,9-11H2,1H3. The Morgan fingerprint density at radius 1 is 1.44 bits per heavy atom. The molecule has 3 heteroatoms. The van der Waals surface area contributed by atoms with Gasteiger partial charge in [-0.05, 0) is 43.6 Å². The first-order valence-corrected chi connectivity index (χ1v) is 6.24. The highest BCUT2D eigenvalue weighted by Gasteiger charge is 2.21. The molecule has 1 atom stereocenters. The maximum Gasteiger partial charge on any atom is 0.0271 e. The van der Waals surface area contributed by atoms with Gasteiger partial charge in [-0.15, -0.1) is 0 Å². The van der Waals surface area contributed by atoms with E-state index in [4.69, 9.17) is 0 Å². The van der Waals surface area contributed by atoms with Crippen LogP contribution in [0.5, 0.6) is 0 Å². The van der Waals surface area contributed by atoms with Gasteiger partial charge in [-0.3, -0.25) is 9.88 Å². The Hall–Kier alpha value is -0.930. The minimum atomic E-state index is 0.742. The van der Waals surface area contributed by atoms with Gasteiger partial charge in [-0.25, -0.2) is 0 Å². The van der Waals surface area contributed by atoms with Crippen molar-refractivity contribution in [3.8, 4) is 0 Å². The normalized spacial score (nSPS) is 21.4. The van der Waals surface area contributed by atoms with Gasteiger partial charge < -0.3 is 5.32 Å². The summed E-state index contributed by atoms with van der Waals surface area (Å²) in [7, 11) is 0. The van der Waals surface area contributed by atoms with Crippen molar-refractivity contribution in [2.75, 3.05) is 19.6 Å². The highest BCUT2D eigenvalue weighted by atomic mass is 15.2. The minimum Gasteiger partial charge on any atom is -0.311 e. The van der Waals surface area contributed by atoms with Crippen LogP contribution in [-0.2, 0) is 6.54 Å². The highest BCUT2D eigenvalue weighted by Crippen LogP contribution is 2.15. The summed E-state index contributed by atoms with van der Waals surface area (Å²) in [5.74, 6) is 0. The number of pyridine rings is 1. The summed E-state index contributed by atoms with van der Waals surface area (Å²) in [6.45, 7) is 6.77. The molecule has 0 saturated carbocycles. The summed E-state index contributed by atoms with van der Waals surface area (Å²) in [4.78, 5) is 6.59. The zero-order chi connectivity index (χ0) is 11.2. The van der Waals surface area contributed by atoms with Gasteiger partial charge in [-0.1, -0.05) is 6.92 Å². The Bertz CT molecular complexity index is 299. The van der Waals surface area contributed by atoms with Crippen LogP contribution < -0.4 is 5.32 Å². The monoisotopic (exact) mass is 219 g/mol. The lowest BCUT2D eigenvalue weighted by Gasteiger charge is -2.22. The fourth-order valence-electron chi connectivity index (χ4n) is 2.43. The van der Waals surface area contributed by atoms with E-state index >= 15 is 0 Å². The molecule has 1 saturated heterocycles. The quantitative estimate of drug-likeness (QED) is 0.816. The van der Waals surface area contributed by atoms with Crippen LogP contribution >= 0.6 is 0 Å². The number of nitrogens with one attached hydrogen (secondary N) is 1. The van der Waals surface area contributed by atoms with Crippen LogP contribution in [0.15, 0.2) is 24.5 Å². The Morgan fingerprint density at radius 3 is 3.00 bits per heavy atom. The van der Waals surface area contributed by atoms with Crippen molar-refractivity contribution < 1.29 is 0 Å². The first-order valence-electron chi connectivity index (χ1n) is 6.24. The Balaban J connectivity index is 1.72. The molecule has 2 rings (SSSR count). The third kappa shape index (κ3) is 3.03. The zero-order valence-corrected chi connectivity index (χ0v) is 10.0. The van der Waals surface area contributed by atoms with E-state index in [-0.39, 0.29) is 0 Å². The van der Waals surface area contributed by atoms with Crippen LogP contribution in [0, 0.1) is 0 Å². The second kappa shape index (κ2) is 5.97. The van der Waals surface area contributed by atoms with E-state index in [1.54, 1.807) is 0 Å². The van der Waals surface area contributed by atoms with Crippen molar-refractivity contribution in [3.63, 3.8) is 0 Å². The summed E-state index contributed by atoms with van der Waals surface area (Å²) in [6.07, 6.45) is 6.41. The molecule has 1 aromatic heterocycles. The third-order valence-corrected chi connectivity index (χ3v) is 3.36. The second-order valence-corrected chi connectivity index (χ2v) is 4.41. The Labute approximate surface area is 97.9 Å². The van der Waals surface area contributed by atoms with Crippen LogP contribution in [0.2, 0.25) is 0 Å². The minimum absolute atomic E-state index is 0.742. The molecular formula is C13H21N3. The smallest absolute Gasteiger partial charge is 0.0271 e. The molecule has 0 bridgehead atoms. The molecule has 3 nitrogen and oxygen atoms in total. The van der Waals surface area contributed by atoms with Gasteiger partial charge in [0.15, 0.2) is 0 Å². The molecule has 1 aliphatic heterocycles. The molecule has 1 aliphatic rings. The first kappa shape index (κ1) is 11.6. The first-order chi connectivity index (χ1) is 7.90. The summed E-state index contributed by atoms with van der Waals surface area (Å²) in [5, 5.41) is 3.54. The number of likely N-dealkylation sites (tertiary alicyclic amines) is 1. The molecular weight excluding hydrogens is 198 g/mol. The molecule has 88 valence electrons. The number of likely N-dealkylation sites (N-methyl/N-ethyl adjacent to an activating group) is 1. The van der Waals surface area contributed by atoms with Crippen LogP contribution in [0.1, 0.15) is 25.3 Å². The molecule has 0 spiro atoms. The number of rotatable bonds is 5. The van der Waals surface area contributed by atoms with E-state index in [9.17, 15) is 0 Å². The Kier molecular flexibility index (Phi) is 4.31. The fraction of sp³-hybridized carbons (Fsp3) is 0.615. The highest BCUT2D eigenvalue weighted by molar-refractivity contribution is 5.09. The van der Waals surface area contributed by atoms with E-state index in [0.29, 0.717) is 0 Å². The summed E-state index contributed by atoms with van der Waals surface area (Å²) in [5.41, 5.74) is 1.32. The van der Waals surface area contributed by atoms with Crippen molar-refractivity contribution >= 4 is 0 Å². The van der Waals surface area contributed by atoms with Gasteiger partial charge in [-0.2, -0.15) is 0 Å². The van der Waals surface area contributed by atoms with Gasteiger partial charge in [0, 0.05) is 31.5 Å². The molecule has 1 N–H and O–H groups in total. The van der Waals surface area contributed by atoms with E-state index in [1.807, 2.05) is 12.4 Å². The van der Waals surface area contributed by atoms with Crippen molar-refractivity contribution in [1.29, 1.82) is 0 Å². The Morgan fingerprint density at radius 2 is 2.25 bits per heavy atom. The van der Waals surface area contributed by atoms with Gasteiger partial charge in [0.25, 0.3) is 0 Å². The van der Waals surface area contributed by atoms with Gasteiger partial charge in [0.2, 0.25) is 0 Å². The van der Waals surface area contributed by atoms with Crippen LogP contribution in [0.25, 0.3) is 0 Å². The van der Waals surface area contributed by atoms with Gasteiger partial charge >= 0.3 is 0 Å². The molecule has 0 amide bonds. The van der Waals surface area contributed by atoms with E-state index in [2.05, 4.69) is 34.3 Å². The number of hydrogen-bond donors (Lipinski definition) is 1. The molecule has 1 unspecified atom stereocenters.